The van der Waals surface area contributed by atoms with Crippen LogP contribution >= 0.6 is 22.9 Å². The van der Waals surface area contributed by atoms with Crippen LogP contribution in [0.4, 0.5) is 10.7 Å². The maximum atomic E-state index is 12.4. The third-order valence-corrected chi connectivity index (χ3v) is 4.84. The van der Waals surface area contributed by atoms with Crippen molar-refractivity contribution in [3.8, 4) is 0 Å². The number of halogens is 1. The average molecular weight is 404 g/mol. The van der Waals surface area contributed by atoms with Crippen LogP contribution in [0.25, 0.3) is 0 Å². The fraction of sp³-hybridized carbons (Fsp3) is 0.0556. The molecule has 0 aliphatic rings. The van der Waals surface area contributed by atoms with Crippen molar-refractivity contribution in [3.05, 3.63) is 70.0 Å². The lowest BCUT2D eigenvalue weighted by Crippen LogP contribution is -2.19. The molecule has 7 nitrogen and oxygen atoms in total. The zero-order valence-corrected chi connectivity index (χ0v) is 15.6. The van der Waals surface area contributed by atoms with Crippen molar-refractivity contribution >= 4 is 51.3 Å². The Morgan fingerprint density at radius 3 is 2.52 bits per heavy atom. The van der Waals surface area contributed by atoms with E-state index in [2.05, 4.69) is 16.0 Å². The number of benzene rings is 1. The van der Waals surface area contributed by atoms with Crippen molar-refractivity contribution in [1.82, 2.24) is 5.32 Å². The van der Waals surface area contributed by atoms with E-state index >= 15 is 0 Å². The minimum Gasteiger partial charge on any atom is -0.459 e. The predicted octanol–water partition coefficient (Wildman–Crippen LogP) is 3.86. The second-order valence-electron chi connectivity index (χ2n) is 5.32. The number of hydrogen-bond acceptors (Lipinski definition) is 5. The second kappa shape index (κ2) is 8.07. The van der Waals surface area contributed by atoms with Gasteiger partial charge in [-0.2, -0.15) is 0 Å². The summed E-state index contributed by atoms with van der Waals surface area (Å²) in [6.45, 7) is 0. The molecular weight excluding hydrogens is 390 g/mol. The summed E-state index contributed by atoms with van der Waals surface area (Å²) in [7, 11) is 1.49. The van der Waals surface area contributed by atoms with E-state index in [1.54, 1.807) is 30.3 Å². The van der Waals surface area contributed by atoms with Crippen LogP contribution in [0.5, 0.6) is 0 Å². The van der Waals surface area contributed by atoms with E-state index in [9.17, 15) is 14.4 Å². The van der Waals surface area contributed by atoms with Crippen molar-refractivity contribution < 1.29 is 18.8 Å². The van der Waals surface area contributed by atoms with Crippen molar-refractivity contribution in [2.24, 2.45) is 0 Å². The normalized spacial score (nSPS) is 10.3. The van der Waals surface area contributed by atoms with E-state index in [1.165, 1.54) is 25.4 Å². The molecule has 1 aromatic carbocycles. The highest BCUT2D eigenvalue weighted by atomic mass is 35.5. The number of carbonyl (C=O) groups is 3. The zero-order valence-electron chi connectivity index (χ0n) is 14.0. The van der Waals surface area contributed by atoms with E-state index in [-0.39, 0.29) is 28.2 Å². The Balaban J connectivity index is 1.69. The highest BCUT2D eigenvalue weighted by molar-refractivity contribution is 7.18. The Hall–Kier alpha value is -3.10. The Morgan fingerprint density at radius 1 is 1.00 bits per heavy atom. The monoisotopic (exact) mass is 403 g/mol. The van der Waals surface area contributed by atoms with Crippen molar-refractivity contribution in [2.75, 3.05) is 17.7 Å². The van der Waals surface area contributed by atoms with Crippen LogP contribution in [0.1, 0.15) is 30.6 Å². The standard InChI is InChI=1S/C18H14ClN3O4S/c1-20-16(23)11-9-10(4-5-12(11)19)21-18(25)14-6-7-15(27-14)22-17(24)13-3-2-8-26-13/h2-9H,1H3,(H,20,23)(H,21,25)(H,22,24). The van der Waals surface area contributed by atoms with Gasteiger partial charge in [-0.1, -0.05) is 11.6 Å². The van der Waals surface area contributed by atoms with Gasteiger partial charge in [0.15, 0.2) is 5.76 Å². The summed E-state index contributed by atoms with van der Waals surface area (Å²) in [6.07, 6.45) is 1.40. The van der Waals surface area contributed by atoms with Gasteiger partial charge in [0.05, 0.1) is 26.7 Å². The molecule has 0 unspecified atom stereocenters. The molecule has 0 radical (unpaired) electrons. The molecule has 2 aromatic heterocycles. The largest absolute Gasteiger partial charge is 0.459 e. The van der Waals surface area contributed by atoms with Crippen molar-refractivity contribution in [3.63, 3.8) is 0 Å². The lowest BCUT2D eigenvalue weighted by atomic mass is 10.2. The molecule has 3 amide bonds. The molecule has 9 heteroatoms. The van der Waals surface area contributed by atoms with Crippen LogP contribution in [-0.4, -0.2) is 24.8 Å². The molecule has 2 heterocycles. The van der Waals surface area contributed by atoms with Gasteiger partial charge < -0.3 is 20.4 Å². The van der Waals surface area contributed by atoms with Gasteiger partial charge in [-0.25, -0.2) is 0 Å². The molecule has 27 heavy (non-hydrogen) atoms. The summed E-state index contributed by atoms with van der Waals surface area (Å²) in [4.78, 5) is 36.6. The maximum Gasteiger partial charge on any atom is 0.291 e. The van der Waals surface area contributed by atoms with Crippen LogP contribution in [-0.2, 0) is 0 Å². The van der Waals surface area contributed by atoms with Gasteiger partial charge in [0.25, 0.3) is 17.7 Å². The molecule has 0 saturated heterocycles. The molecule has 0 aliphatic heterocycles. The van der Waals surface area contributed by atoms with Crippen molar-refractivity contribution in [1.29, 1.82) is 0 Å². The predicted molar refractivity (Wildman–Crippen MR) is 104 cm³/mol. The zero-order chi connectivity index (χ0) is 19.4. The minimum atomic E-state index is -0.401. The summed E-state index contributed by atoms with van der Waals surface area (Å²) in [6, 6.07) is 11.0. The molecule has 0 saturated carbocycles. The number of rotatable bonds is 5. The Morgan fingerprint density at radius 2 is 1.81 bits per heavy atom. The van der Waals surface area contributed by atoms with Crippen molar-refractivity contribution in [2.45, 2.75) is 0 Å². The first-order valence-corrected chi connectivity index (χ1v) is 8.95. The molecule has 0 spiro atoms. The van der Waals surface area contributed by atoms with Gasteiger partial charge in [-0.15, -0.1) is 11.3 Å². The number of hydrogen-bond donors (Lipinski definition) is 3. The fourth-order valence-electron chi connectivity index (χ4n) is 2.21. The molecule has 3 N–H and O–H groups in total. The quantitative estimate of drug-likeness (QED) is 0.602. The molecule has 0 aliphatic carbocycles. The van der Waals surface area contributed by atoms with Crippen LogP contribution < -0.4 is 16.0 Å². The molecule has 138 valence electrons. The Labute approximate surface area is 163 Å². The highest BCUT2D eigenvalue weighted by Crippen LogP contribution is 2.25. The molecule has 0 fully saturated rings. The van der Waals surface area contributed by atoms with Crippen LogP contribution in [0.3, 0.4) is 0 Å². The Kier molecular flexibility index (Phi) is 5.58. The third-order valence-electron chi connectivity index (χ3n) is 3.51. The molecular formula is C18H14ClN3O4S. The summed E-state index contributed by atoms with van der Waals surface area (Å²) in [5, 5.41) is 8.63. The average Bonchev–Trinajstić information content (AvgIpc) is 3.34. The van der Waals surface area contributed by atoms with Gasteiger partial charge in [0.2, 0.25) is 0 Å². The SMILES string of the molecule is CNC(=O)c1cc(NC(=O)c2ccc(NC(=O)c3ccco3)s2)ccc1Cl. The van der Waals surface area contributed by atoms with E-state index in [0.29, 0.717) is 15.6 Å². The summed E-state index contributed by atoms with van der Waals surface area (Å²) < 4.78 is 5.02. The number of thiophene rings is 1. The van der Waals surface area contributed by atoms with E-state index < -0.39 is 5.91 Å². The number of anilines is 2. The first-order chi connectivity index (χ1) is 13.0. The smallest absolute Gasteiger partial charge is 0.291 e. The second-order valence-corrected chi connectivity index (χ2v) is 6.81. The molecule has 3 rings (SSSR count). The molecule has 0 bridgehead atoms. The summed E-state index contributed by atoms with van der Waals surface area (Å²) >= 11 is 7.11. The van der Waals surface area contributed by atoms with Gasteiger partial charge in [0, 0.05) is 12.7 Å². The van der Waals surface area contributed by atoms with Gasteiger partial charge in [-0.05, 0) is 42.5 Å². The van der Waals surface area contributed by atoms with E-state index in [4.69, 9.17) is 16.0 Å². The van der Waals surface area contributed by atoms with E-state index in [0.717, 1.165) is 11.3 Å². The number of amides is 3. The van der Waals surface area contributed by atoms with Crippen LogP contribution in [0.15, 0.2) is 53.1 Å². The first kappa shape index (κ1) is 18.7. The number of nitrogens with one attached hydrogen (secondary N) is 3. The molecule has 0 atom stereocenters. The third kappa shape index (κ3) is 4.36. The fourth-order valence-corrected chi connectivity index (χ4v) is 3.21. The Bertz CT molecular complexity index is 998. The topological polar surface area (TPSA) is 100 Å². The number of furan rings is 1. The molecule has 3 aromatic rings. The van der Waals surface area contributed by atoms with Gasteiger partial charge in [0.1, 0.15) is 0 Å². The van der Waals surface area contributed by atoms with E-state index in [1.807, 2.05) is 0 Å². The number of carbonyl (C=O) groups excluding carboxylic acids is 3. The highest BCUT2D eigenvalue weighted by Gasteiger charge is 2.15. The first-order valence-electron chi connectivity index (χ1n) is 7.75. The lowest BCUT2D eigenvalue weighted by molar-refractivity contribution is 0.0960. The van der Waals surface area contributed by atoms with Crippen LogP contribution in [0, 0.1) is 0 Å². The van der Waals surface area contributed by atoms with Gasteiger partial charge >= 0.3 is 0 Å². The lowest BCUT2D eigenvalue weighted by Gasteiger charge is -2.07. The van der Waals surface area contributed by atoms with Gasteiger partial charge in [-0.3, -0.25) is 14.4 Å². The maximum absolute atomic E-state index is 12.4. The minimum absolute atomic E-state index is 0.178. The summed E-state index contributed by atoms with van der Waals surface area (Å²) in [5.74, 6) is -0.946. The van der Waals surface area contributed by atoms with Crippen LogP contribution in [0.2, 0.25) is 5.02 Å². The summed E-state index contributed by atoms with van der Waals surface area (Å²) in [5.41, 5.74) is 0.687.